The van der Waals surface area contributed by atoms with Crippen LogP contribution in [0.5, 0.6) is 0 Å². The van der Waals surface area contributed by atoms with Gasteiger partial charge in [-0.1, -0.05) is 18.2 Å². The third kappa shape index (κ3) is 5.39. The molecule has 1 rings (SSSR count). The van der Waals surface area contributed by atoms with Gasteiger partial charge in [-0.15, -0.1) is 0 Å². The van der Waals surface area contributed by atoms with E-state index in [1.165, 1.54) is 0 Å². The van der Waals surface area contributed by atoms with Crippen molar-refractivity contribution in [2.45, 2.75) is 13.5 Å². The normalized spacial score (nSPS) is 11.2. The number of para-hydroxylation sites is 1. The number of nitrogens with two attached hydrogens (primary N) is 1. The number of likely N-dealkylation sites (N-methyl/N-ethyl adjacent to an activating group) is 1. The number of aliphatic imine (C=N–C) groups is 1. The van der Waals surface area contributed by atoms with E-state index in [0.29, 0.717) is 13.2 Å². The molecule has 0 aromatic heterocycles. The Morgan fingerprint density at radius 2 is 2.16 bits per heavy atom. The van der Waals surface area contributed by atoms with Crippen LogP contribution in [0, 0.1) is 0 Å². The summed E-state index contributed by atoms with van der Waals surface area (Å²) in [6, 6.07) is 7.62. The Hall–Kier alpha value is -2.08. The van der Waals surface area contributed by atoms with Gasteiger partial charge in [-0.3, -0.25) is 4.79 Å². The van der Waals surface area contributed by atoms with Crippen LogP contribution in [0.3, 0.4) is 0 Å². The van der Waals surface area contributed by atoms with Crippen LogP contribution in [0.25, 0.3) is 0 Å². The third-order valence-electron chi connectivity index (χ3n) is 2.35. The van der Waals surface area contributed by atoms with E-state index in [1.54, 1.807) is 7.11 Å². The molecule has 0 saturated carbocycles. The van der Waals surface area contributed by atoms with Gasteiger partial charge in [0.1, 0.15) is 6.54 Å². The number of guanidine groups is 1. The lowest BCUT2D eigenvalue weighted by molar-refractivity contribution is -0.119. The van der Waals surface area contributed by atoms with Crippen molar-refractivity contribution in [3.05, 3.63) is 29.8 Å². The minimum absolute atomic E-state index is 0.0130. The first-order valence-electron chi connectivity index (χ1n) is 6.07. The molecule has 1 aromatic rings. The molecule has 0 unspecified atom stereocenters. The van der Waals surface area contributed by atoms with Gasteiger partial charge in [0.25, 0.3) is 0 Å². The molecular formula is C13H20N4O2. The molecular weight excluding hydrogens is 244 g/mol. The Morgan fingerprint density at radius 1 is 1.42 bits per heavy atom. The summed E-state index contributed by atoms with van der Waals surface area (Å²) in [5, 5.41) is 5.61. The summed E-state index contributed by atoms with van der Waals surface area (Å²) in [6.07, 6.45) is 0. The largest absolute Gasteiger partial charge is 0.380 e. The van der Waals surface area contributed by atoms with Crippen molar-refractivity contribution in [2.75, 3.05) is 25.5 Å². The smallest absolute Gasteiger partial charge is 0.241 e. The first-order valence-corrected chi connectivity index (χ1v) is 6.07. The van der Waals surface area contributed by atoms with Crippen molar-refractivity contribution in [2.24, 2.45) is 10.7 Å². The molecule has 0 spiro atoms. The highest BCUT2D eigenvalue weighted by Crippen LogP contribution is 2.15. The average molecular weight is 264 g/mol. The van der Waals surface area contributed by atoms with Gasteiger partial charge in [0.15, 0.2) is 5.96 Å². The van der Waals surface area contributed by atoms with Gasteiger partial charge in [-0.05, 0) is 13.0 Å². The summed E-state index contributed by atoms with van der Waals surface area (Å²) in [4.78, 5) is 15.2. The number of hydrogen-bond acceptors (Lipinski definition) is 3. The maximum Gasteiger partial charge on any atom is 0.241 e. The quantitative estimate of drug-likeness (QED) is 0.521. The molecule has 0 aliphatic heterocycles. The van der Waals surface area contributed by atoms with Gasteiger partial charge >= 0.3 is 0 Å². The fraction of sp³-hybridized carbons (Fsp3) is 0.385. The molecule has 6 nitrogen and oxygen atoms in total. The third-order valence-corrected chi connectivity index (χ3v) is 2.35. The van der Waals surface area contributed by atoms with Crippen LogP contribution >= 0.6 is 0 Å². The Balaban J connectivity index is 2.63. The van der Waals surface area contributed by atoms with E-state index in [4.69, 9.17) is 10.5 Å². The Morgan fingerprint density at radius 3 is 2.84 bits per heavy atom. The summed E-state index contributed by atoms with van der Waals surface area (Å²) in [5.41, 5.74) is 7.53. The second-order valence-electron chi connectivity index (χ2n) is 3.87. The molecule has 104 valence electrons. The van der Waals surface area contributed by atoms with Crippen LogP contribution in [0.4, 0.5) is 5.69 Å². The van der Waals surface area contributed by atoms with E-state index in [1.807, 2.05) is 31.2 Å². The topological polar surface area (TPSA) is 88.7 Å². The van der Waals surface area contributed by atoms with E-state index in [2.05, 4.69) is 15.6 Å². The number of anilines is 1. The fourth-order valence-electron chi connectivity index (χ4n) is 1.51. The van der Waals surface area contributed by atoms with Gasteiger partial charge in [-0.2, -0.15) is 0 Å². The maximum absolute atomic E-state index is 11.2. The number of carbonyl (C=O) groups is 1. The molecule has 0 heterocycles. The zero-order chi connectivity index (χ0) is 14.1. The summed E-state index contributed by atoms with van der Waals surface area (Å²) < 4.78 is 5.10. The van der Waals surface area contributed by atoms with Crippen LogP contribution < -0.4 is 16.4 Å². The SMILES string of the molecule is CCNC(=O)CN=C(N)Nc1ccccc1COC. The summed E-state index contributed by atoms with van der Waals surface area (Å²) in [7, 11) is 1.63. The highest BCUT2D eigenvalue weighted by atomic mass is 16.5. The molecule has 4 N–H and O–H groups in total. The highest BCUT2D eigenvalue weighted by Gasteiger charge is 2.03. The molecule has 1 amide bonds. The van der Waals surface area contributed by atoms with E-state index < -0.39 is 0 Å². The molecule has 19 heavy (non-hydrogen) atoms. The number of methoxy groups -OCH3 is 1. The van der Waals surface area contributed by atoms with Gasteiger partial charge in [-0.25, -0.2) is 4.99 Å². The summed E-state index contributed by atoms with van der Waals surface area (Å²) >= 11 is 0. The Bertz CT molecular complexity index is 446. The van der Waals surface area contributed by atoms with Crippen molar-refractivity contribution in [1.29, 1.82) is 0 Å². The van der Waals surface area contributed by atoms with Crippen LogP contribution in [-0.2, 0) is 16.1 Å². The number of nitrogens with zero attached hydrogens (tertiary/aromatic N) is 1. The molecule has 0 fully saturated rings. The van der Waals surface area contributed by atoms with Crippen LogP contribution in [0.15, 0.2) is 29.3 Å². The maximum atomic E-state index is 11.2. The molecule has 0 saturated heterocycles. The lowest BCUT2D eigenvalue weighted by Gasteiger charge is -2.10. The zero-order valence-electron chi connectivity index (χ0n) is 11.3. The van der Waals surface area contributed by atoms with E-state index in [0.717, 1.165) is 11.3 Å². The van der Waals surface area contributed by atoms with Gasteiger partial charge in [0.05, 0.1) is 6.61 Å². The predicted octanol–water partition coefficient (Wildman–Crippen LogP) is 0.696. The van der Waals surface area contributed by atoms with Gasteiger partial charge in [0.2, 0.25) is 5.91 Å². The number of benzene rings is 1. The standard InChI is InChI=1S/C13H20N4O2/c1-3-15-12(18)8-16-13(14)17-11-7-5-4-6-10(11)9-19-2/h4-7H,3,8-9H2,1-2H3,(H,15,18)(H3,14,16,17). The van der Waals surface area contributed by atoms with E-state index >= 15 is 0 Å². The Kier molecular flexibility index (Phi) is 6.38. The van der Waals surface area contributed by atoms with Crippen molar-refractivity contribution >= 4 is 17.6 Å². The number of ether oxygens (including phenoxy) is 1. The van der Waals surface area contributed by atoms with Gasteiger partial charge in [0, 0.05) is 24.9 Å². The summed E-state index contributed by atoms with van der Waals surface area (Å²) in [6.45, 7) is 2.93. The van der Waals surface area contributed by atoms with Crippen molar-refractivity contribution in [1.82, 2.24) is 5.32 Å². The molecule has 0 aliphatic carbocycles. The number of nitrogens with one attached hydrogen (secondary N) is 2. The number of rotatable bonds is 6. The molecule has 0 radical (unpaired) electrons. The second-order valence-corrected chi connectivity index (χ2v) is 3.87. The lowest BCUT2D eigenvalue weighted by Crippen LogP contribution is -2.29. The van der Waals surface area contributed by atoms with Gasteiger partial charge < -0.3 is 21.1 Å². The molecule has 0 aliphatic rings. The number of amides is 1. The monoisotopic (exact) mass is 264 g/mol. The van der Waals surface area contributed by atoms with Crippen LogP contribution in [0.1, 0.15) is 12.5 Å². The van der Waals surface area contributed by atoms with E-state index in [9.17, 15) is 4.79 Å². The van der Waals surface area contributed by atoms with Crippen molar-refractivity contribution in [3.8, 4) is 0 Å². The van der Waals surface area contributed by atoms with Crippen molar-refractivity contribution in [3.63, 3.8) is 0 Å². The molecule has 6 heteroatoms. The highest BCUT2D eigenvalue weighted by molar-refractivity contribution is 5.94. The number of carbonyl (C=O) groups excluding carboxylic acids is 1. The predicted molar refractivity (Wildman–Crippen MR) is 76.0 cm³/mol. The molecule has 1 aromatic carbocycles. The second kappa shape index (κ2) is 8.10. The number of hydrogen-bond donors (Lipinski definition) is 3. The average Bonchev–Trinajstić information content (AvgIpc) is 2.39. The van der Waals surface area contributed by atoms with Crippen LogP contribution in [0.2, 0.25) is 0 Å². The molecule has 0 bridgehead atoms. The van der Waals surface area contributed by atoms with E-state index in [-0.39, 0.29) is 18.4 Å². The Labute approximate surface area is 113 Å². The lowest BCUT2D eigenvalue weighted by atomic mass is 10.2. The van der Waals surface area contributed by atoms with Crippen LogP contribution in [-0.4, -0.2) is 32.1 Å². The first-order chi connectivity index (χ1) is 9.17. The van der Waals surface area contributed by atoms with Crippen molar-refractivity contribution < 1.29 is 9.53 Å². The minimum Gasteiger partial charge on any atom is -0.380 e. The fourth-order valence-corrected chi connectivity index (χ4v) is 1.51. The zero-order valence-corrected chi connectivity index (χ0v) is 11.3. The summed E-state index contributed by atoms with van der Waals surface area (Å²) in [5.74, 6) is 0.0484. The first kappa shape index (κ1) is 15.0. The molecule has 0 atom stereocenters. The minimum atomic E-state index is -0.155.